The molecule has 14 nitrogen and oxygen atoms in total. The fourth-order valence-corrected chi connectivity index (χ4v) is 11.6. The molecule has 1 heterocycles. The van der Waals surface area contributed by atoms with Crippen LogP contribution in [0.1, 0.15) is 92.6 Å². The number of carbonyl (C=O) groups is 4. The Labute approximate surface area is 393 Å². The van der Waals surface area contributed by atoms with Gasteiger partial charge in [0, 0.05) is 55.4 Å². The molecule has 0 saturated carbocycles. The van der Waals surface area contributed by atoms with Crippen LogP contribution in [0.15, 0.2) is 117 Å². The van der Waals surface area contributed by atoms with Crippen molar-refractivity contribution in [1.29, 1.82) is 5.26 Å². The number of rotatable bonds is 14. The Bertz CT molecular complexity index is 2760. The Morgan fingerprint density at radius 1 is 0.657 bits per heavy atom. The van der Waals surface area contributed by atoms with Crippen molar-refractivity contribution >= 4 is 47.8 Å². The largest absolute Gasteiger partial charge is 0.513 e. The molecule has 0 amide bonds. The number of ether oxygens (including phenoxy) is 8. The normalized spacial score (nSPS) is 19.0. The number of methoxy groups -OCH3 is 2. The Morgan fingerprint density at radius 3 is 1.46 bits per heavy atom. The van der Waals surface area contributed by atoms with Gasteiger partial charge in [-0.15, -0.1) is 0 Å². The molecule has 5 atom stereocenters. The van der Waals surface area contributed by atoms with Gasteiger partial charge in [0.15, 0.2) is 11.5 Å². The summed E-state index contributed by atoms with van der Waals surface area (Å²) in [7, 11) is 3.13. The Balaban J connectivity index is 1.10. The maximum absolute atomic E-state index is 14.4. The highest BCUT2D eigenvalue weighted by Crippen LogP contribution is 2.81. The predicted octanol–water partition coefficient (Wildman–Crippen LogP) is 10.7. The zero-order valence-corrected chi connectivity index (χ0v) is 38.1. The molecule has 5 aromatic rings. The number of benzene rings is 5. The summed E-state index contributed by atoms with van der Waals surface area (Å²) in [4.78, 5) is 57.8. The van der Waals surface area contributed by atoms with Crippen molar-refractivity contribution in [2.45, 2.75) is 65.9 Å². The van der Waals surface area contributed by atoms with E-state index >= 15 is 0 Å². The number of carbonyl (C=O) groups excluding carboxylic acids is 4. The third-order valence-corrected chi connectivity index (χ3v) is 15.0. The summed E-state index contributed by atoms with van der Waals surface area (Å²) < 4.78 is 44.7. The van der Waals surface area contributed by atoms with Crippen molar-refractivity contribution in [2.75, 3.05) is 27.4 Å². The van der Waals surface area contributed by atoms with Gasteiger partial charge in [-0.05, 0) is 84.6 Å². The number of nitrogens with zero attached hydrogens (tertiary/aromatic N) is 2. The lowest BCUT2D eigenvalue weighted by molar-refractivity contribution is 0.0618. The number of esters is 2. The smallest absolute Gasteiger partial charge is 0.434 e. The van der Waals surface area contributed by atoms with Crippen molar-refractivity contribution < 1.29 is 57.1 Å². The van der Waals surface area contributed by atoms with Crippen LogP contribution in [0.3, 0.4) is 0 Å². The van der Waals surface area contributed by atoms with E-state index in [0.717, 1.165) is 45.8 Å². The summed E-state index contributed by atoms with van der Waals surface area (Å²) in [6, 6.07) is 29.9. The van der Waals surface area contributed by atoms with Crippen LogP contribution in [0, 0.1) is 17.9 Å². The number of fused-ring (bicyclic) bond motifs is 8. The SMILES string of the molecule is [C-]#[N+]C(C#N)=C1Sc2c(OC(=O)c3ccc(OC(=O)OCCC(C)OC)cc3)c3c(c(OC(=O)c4ccc(OC(=O)OCCC(C)OC)cc4)c2S1)[C@@H]1c2ccccc2C12c1ccccc1[C@H]32. The Hall–Kier alpha value is -7.08. The summed E-state index contributed by atoms with van der Waals surface area (Å²) in [6.45, 7) is 11.7. The van der Waals surface area contributed by atoms with E-state index in [1.165, 1.54) is 48.5 Å². The maximum Gasteiger partial charge on any atom is 0.513 e. The minimum Gasteiger partial charge on any atom is -0.434 e. The molecule has 0 saturated heterocycles. The van der Waals surface area contributed by atoms with E-state index < -0.39 is 29.7 Å². The number of nitriles is 1. The molecule has 0 radical (unpaired) electrons. The van der Waals surface area contributed by atoms with Gasteiger partial charge in [0.25, 0.3) is 5.70 Å². The highest BCUT2D eigenvalue weighted by Gasteiger charge is 2.71. The lowest BCUT2D eigenvalue weighted by Gasteiger charge is -2.58. The van der Waals surface area contributed by atoms with Crippen LogP contribution >= 0.6 is 23.5 Å². The van der Waals surface area contributed by atoms with E-state index in [1.807, 2.05) is 56.3 Å². The van der Waals surface area contributed by atoms with E-state index in [9.17, 15) is 24.4 Å². The van der Waals surface area contributed by atoms with Crippen molar-refractivity contribution in [1.82, 2.24) is 0 Å². The molecule has 0 bridgehead atoms. The van der Waals surface area contributed by atoms with Crippen LogP contribution < -0.4 is 18.9 Å². The maximum atomic E-state index is 14.4. The molecule has 1 aliphatic heterocycles. The molecule has 0 fully saturated rings. The van der Waals surface area contributed by atoms with E-state index in [0.29, 0.717) is 38.0 Å². The van der Waals surface area contributed by atoms with Gasteiger partial charge in [-0.25, -0.2) is 29.3 Å². The fourth-order valence-electron chi connectivity index (χ4n) is 9.09. The van der Waals surface area contributed by atoms with E-state index in [-0.39, 0.29) is 77.1 Å². The molecular formula is C51H40N2O12S2. The Morgan fingerprint density at radius 2 is 1.07 bits per heavy atom. The fraction of sp³-hybridized carbons (Fsp3) is 0.255. The van der Waals surface area contributed by atoms with Gasteiger partial charge < -0.3 is 37.9 Å². The molecule has 338 valence electrons. The van der Waals surface area contributed by atoms with Crippen LogP contribution in [0.25, 0.3) is 4.85 Å². The summed E-state index contributed by atoms with van der Waals surface area (Å²) in [6.07, 6.45) is -1.05. The van der Waals surface area contributed by atoms with E-state index in [2.05, 4.69) is 17.0 Å². The van der Waals surface area contributed by atoms with Gasteiger partial charge >= 0.3 is 24.2 Å². The molecule has 67 heavy (non-hydrogen) atoms. The lowest BCUT2D eigenvalue weighted by Crippen LogP contribution is -2.52. The van der Waals surface area contributed by atoms with Crippen molar-refractivity contribution in [3.05, 3.63) is 163 Å². The van der Waals surface area contributed by atoms with Gasteiger partial charge in [-0.1, -0.05) is 72.1 Å². The average molecular weight is 937 g/mol. The molecule has 1 spiro atoms. The molecule has 16 heteroatoms. The van der Waals surface area contributed by atoms with Crippen molar-refractivity contribution in [3.63, 3.8) is 0 Å². The monoisotopic (exact) mass is 936 g/mol. The average Bonchev–Trinajstić information content (AvgIpc) is 3.86. The molecular weight excluding hydrogens is 897 g/mol. The quantitative estimate of drug-likeness (QED) is 0.0338. The third-order valence-electron chi connectivity index (χ3n) is 12.4. The van der Waals surface area contributed by atoms with Crippen LogP contribution in [-0.4, -0.2) is 63.9 Å². The van der Waals surface area contributed by atoms with Gasteiger partial charge in [0.05, 0.1) is 63.2 Å². The molecule has 0 N–H and O–H groups in total. The van der Waals surface area contributed by atoms with Crippen LogP contribution in [-0.2, 0) is 24.4 Å². The van der Waals surface area contributed by atoms with Gasteiger partial charge in [0.1, 0.15) is 11.5 Å². The second-order valence-corrected chi connectivity index (χ2v) is 18.3. The molecule has 4 aliphatic rings. The van der Waals surface area contributed by atoms with Gasteiger partial charge in [-0.2, -0.15) is 0 Å². The highest BCUT2D eigenvalue weighted by atomic mass is 32.2. The first-order valence-electron chi connectivity index (χ1n) is 21.2. The second kappa shape index (κ2) is 18.7. The third kappa shape index (κ3) is 7.95. The zero-order valence-electron chi connectivity index (χ0n) is 36.5. The predicted molar refractivity (Wildman–Crippen MR) is 244 cm³/mol. The zero-order chi connectivity index (χ0) is 47.0. The lowest BCUT2D eigenvalue weighted by atomic mass is 9.43. The summed E-state index contributed by atoms with van der Waals surface area (Å²) in [5.74, 6) is -1.36. The van der Waals surface area contributed by atoms with Crippen molar-refractivity contribution in [2.24, 2.45) is 0 Å². The number of hydrogen-bond acceptors (Lipinski definition) is 15. The highest BCUT2D eigenvalue weighted by molar-refractivity contribution is 8.24. The van der Waals surface area contributed by atoms with Gasteiger partial charge in [0.2, 0.25) is 0 Å². The second-order valence-electron chi connectivity index (χ2n) is 16.0. The van der Waals surface area contributed by atoms with Crippen LogP contribution in [0.2, 0.25) is 0 Å². The van der Waals surface area contributed by atoms with Crippen LogP contribution in [0.5, 0.6) is 23.0 Å². The molecule has 0 aromatic heterocycles. The Kier molecular flexibility index (Phi) is 12.6. The van der Waals surface area contributed by atoms with E-state index in [4.69, 9.17) is 44.5 Å². The van der Waals surface area contributed by atoms with E-state index in [1.54, 1.807) is 14.2 Å². The summed E-state index contributed by atoms with van der Waals surface area (Å²) in [5.41, 5.74) is 5.11. The summed E-state index contributed by atoms with van der Waals surface area (Å²) >= 11 is 2.20. The molecule has 3 aliphatic carbocycles. The van der Waals surface area contributed by atoms with Gasteiger partial charge in [-0.3, -0.25) is 0 Å². The summed E-state index contributed by atoms with van der Waals surface area (Å²) in [5, 5.41) is 10.0. The number of thioether (sulfide) groups is 2. The molecule has 9 rings (SSSR count). The number of allylic oxidation sites excluding steroid dienone is 1. The molecule has 3 unspecified atom stereocenters. The van der Waals surface area contributed by atoms with Crippen LogP contribution in [0.4, 0.5) is 9.59 Å². The topological polar surface area (TPSA) is 170 Å². The molecule has 5 aromatic carbocycles. The first-order valence-corrected chi connectivity index (χ1v) is 22.8. The minimum absolute atomic E-state index is 0.0978. The first kappa shape index (κ1) is 45.1. The standard InChI is InChI=1S/C51H40N2O12S2/c1-27(58-4)22-24-60-49(56)62-31-18-14-29(15-19-31)46(54)64-42-38-39(41-34-11-7-9-13-36(34)51(41)35-12-8-6-10-33(35)40(38)51)43(45-44(42)66-48(67-45)37(26-52)53-3)65-47(55)30-16-20-32(21-17-30)63-50(57)61-25-23-28(2)59-5/h6-21,27-28,40-41H,22-25H2,1-2,4-5H3/t27?,28?,40-,41+,51?. The first-order chi connectivity index (χ1) is 32.5. The van der Waals surface area contributed by atoms with Crippen molar-refractivity contribution in [3.8, 4) is 29.1 Å². The minimum atomic E-state index is -0.905. The number of hydrogen-bond donors (Lipinski definition) is 0.